The van der Waals surface area contributed by atoms with Gasteiger partial charge in [0.2, 0.25) is 10.0 Å². The minimum atomic E-state index is -3.48. The first kappa shape index (κ1) is 14.7. The van der Waals surface area contributed by atoms with E-state index < -0.39 is 10.0 Å². The summed E-state index contributed by atoms with van der Waals surface area (Å²) < 4.78 is 26.6. The summed E-state index contributed by atoms with van der Waals surface area (Å²) in [5.41, 5.74) is 0. The van der Waals surface area contributed by atoms with Gasteiger partial charge in [0.15, 0.2) is 0 Å². The zero-order chi connectivity index (χ0) is 14.2. The monoisotopic (exact) mass is 303 g/mol. The molecular weight excluding hydrogens is 286 g/mol. The highest BCUT2D eigenvalue weighted by atomic mass is 35.5. The molecule has 0 saturated carbocycles. The van der Waals surface area contributed by atoms with Gasteiger partial charge in [-0.2, -0.15) is 4.31 Å². The Labute approximate surface area is 119 Å². The van der Waals surface area contributed by atoms with Crippen LogP contribution in [0, 0.1) is 5.92 Å². The van der Waals surface area contributed by atoms with Gasteiger partial charge >= 0.3 is 0 Å². The molecule has 0 bridgehead atoms. The molecule has 0 aromatic carbocycles. The average Bonchev–Trinajstić information content (AvgIpc) is 2.72. The zero-order valence-corrected chi connectivity index (χ0v) is 12.8. The van der Waals surface area contributed by atoms with Crippen LogP contribution in [0.2, 0.25) is 5.15 Å². The summed E-state index contributed by atoms with van der Waals surface area (Å²) in [5.74, 6) is 0.307. The SMILES string of the molecule is CC1CN(S(=O)(=O)c2ccnc(Cl)c2)CC1N(C)C. The van der Waals surface area contributed by atoms with Gasteiger partial charge in [0, 0.05) is 25.3 Å². The summed E-state index contributed by atoms with van der Waals surface area (Å²) in [6.07, 6.45) is 1.41. The molecule has 1 fully saturated rings. The second-order valence-corrected chi connectivity index (χ2v) is 7.47. The smallest absolute Gasteiger partial charge is 0.243 e. The summed E-state index contributed by atoms with van der Waals surface area (Å²) in [7, 11) is 0.467. The summed E-state index contributed by atoms with van der Waals surface area (Å²) >= 11 is 5.76. The number of nitrogens with zero attached hydrogens (tertiary/aromatic N) is 3. The Morgan fingerprint density at radius 3 is 2.63 bits per heavy atom. The second-order valence-electron chi connectivity index (χ2n) is 5.14. The van der Waals surface area contributed by atoms with Gasteiger partial charge in [0.05, 0.1) is 4.90 Å². The maximum Gasteiger partial charge on any atom is 0.243 e. The van der Waals surface area contributed by atoms with Crippen LogP contribution in [0.3, 0.4) is 0 Å². The van der Waals surface area contributed by atoms with Gasteiger partial charge in [-0.1, -0.05) is 18.5 Å². The van der Waals surface area contributed by atoms with Crippen molar-refractivity contribution in [2.24, 2.45) is 5.92 Å². The molecule has 2 atom stereocenters. The molecule has 0 N–H and O–H groups in total. The van der Waals surface area contributed by atoms with E-state index in [-0.39, 0.29) is 16.1 Å². The molecule has 1 aliphatic rings. The van der Waals surface area contributed by atoms with Crippen molar-refractivity contribution in [2.45, 2.75) is 17.9 Å². The van der Waals surface area contributed by atoms with E-state index in [1.165, 1.54) is 22.6 Å². The van der Waals surface area contributed by atoms with E-state index >= 15 is 0 Å². The van der Waals surface area contributed by atoms with E-state index in [4.69, 9.17) is 11.6 Å². The Bertz CT molecular complexity index is 562. The fourth-order valence-corrected chi connectivity index (χ4v) is 4.28. The van der Waals surface area contributed by atoms with Crippen LogP contribution in [0.1, 0.15) is 6.92 Å². The number of rotatable bonds is 3. The number of hydrogen-bond donors (Lipinski definition) is 0. The number of likely N-dealkylation sites (N-methyl/N-ethyl adjacent to an activating group) is 1. The van der Waals surface area contributed by atoms with Crippen molar-refractivity contribution in [1.29, 1.82) is 0 Å². The van der Waals surface area contributed by atoms with Crippen molar-refractivity contribution in [2.75, 3.05) is 27.2 Å². The molecule has 106 valence electrons. The van der Waals surface area contributed by atoms with Crippen LogP contribution in [0.15, 0.2) is 23.2 Å². The van der Waals surface area contributed by atoms with Gasteiger partial charge in [0.1, 0.15) is 5.15 Å². The largest absolute Gasteiger partial charge is 0.305 e. The summed E-state index contributed by atoms with van der Waals surface area (Å²) in [5, 5.41) is 0.192. The van der Waals surface area contributed by atoms with Crippen LogP contribution < -0.4 is 0 Å². The first-order valence-corrected chi connectivity index (χ1v) is 7.92. The second kappa shape index (κ2) is 5.36. The quantitative estimate of drug-likeness (QED) is 0.790. The van der Waals surface area contributed by atoms with Crippen LogP contribution in [-0.2, 0) is 10.0 Å². The van der Waals surface area contributed by atoms with Crippen LogP contribution in [-0.4, -0.2) is 55.8 Å². The lowest BCUT2D eigenvalue weighted by atomic mass is 10.1. The molecule has 1 aliphatic heterocycles. The molecule has 0 aliphatic carbocycles. The molecule has 0 spiro atoms. The van der Waals surface area contributed by atoms with E-state index in [0.717, 1.165) is 0 Å². The van der Waals surface area contributed by atoms with Crippen molar-refractivity contribution in [3.63, 3.8) is 0 Å². The molecule has 1 saturated heterocycles. The van der Waals surface area contributed by atoms with E-state index in [2.05, 4.69) is 16.8 Å². The van der Waals surface area contributed by atoms with E-state index in [1.54, 1.807) is 0 Å². The average molecular weight is 304 g/mol. The lowest BCUT2D eigenvalue weighted by Gasteiger charge is -2.22. The van der Waals surface area contributed by atoms with Gasteiger partial charge in [-0.3, -0.25) is 0 Å². The molecule has 5 nitrogen and oxygen atoms in total. The third kappa shape index (κ3) is 2.91. The number of pyridine rings is 1. The molecule has 2 heterocycles. The maximum atomic E-state index is 12.5. The topological polar surface area (TPSA) is 53.5 Å². The molecule has 0 radical (unpaired) electrons. The Balaban J connectivity index is 2.27. The van der Waals surface area contributed by atoms with E-state index in [0.29, 0.717) is 19.0 Å². The van der Waals surface area contributed by atoms with Gasteiger partial charge in [0.25, 0.3) is 0 Å². The molecule has 0 amide bonds. The third-order valence-electron chi connectivity index (χ3n) is 3.54. The lowest BCUT2D eigenvalue weighted by Crippen LogP contribution is -2.35. The minimum absolute atomic E-state index is 0.192. The fraction of sp³-hybridized carbons (Fsp3) is 0.583. The molecule has 1 aromatic rings. The fourth-order valence-electron chi connectivity index (χ4n) is 2.47. The maximum absolute atomic E-state index is 12.5. The number of aromatic nitrogens is 1. The van der Waals surface area contributed by atoms with Crippen molar-refractivity contribution in [3.8, 4) is 0 Å². The molecule has 1 aromatic heterocycles. The number of sulfonamides is 1. The van der Waals surface area contributed by atoms with Gasteiger partial charge < -0.3 is 4.90 Å². The highest BCUT2D eigenvalue weighted by Crippen LogP contribution is 2.26. The summed E-state index contributed by atoms with van der Waals surface area (Å²) in [6.45, 7) is 3.11. The minimum Gasteiger partial charge on any atom is -0.305 e. The predicted octanol–water partition coefficient (Wildman–Crippen LogP) is 1.31. The van der Waals surface area contributed by atoms with Gasteiger partial charge in [-0.05, 0) is 32.1 Å². The number of hydrogen-bond acceptors (Lipinski definition) is 4. The lowest BCUT2D eigenvalue weighted by molar-refractivity contribution is 0.263. The molecule has 7 heteroatoms. The molecule has 19 heavy (non-hydrogen) atoms. The van der Waals surface area contributed by atoms with Crippen LogP contribution in [0.25, 0.3) is 0 Å². The van der Waals surface area contributed by atoms with Crippen molar-refractivity contribution < 1.29 is 8.42 Å². The summed E-state index contributed by atoms with van der Waals surface area (Å²) in [4.78, 5) is 6.09. The van der Waals surface area contributed by atoms with Gasteiger partial charge in [-0.15, -0.1) is 0 Å². The Kier molecular flexibility index (Phi) is 4.15. The first-order chi connectivity index (χ1) is 8.82. The Morgan fingerprint density at radius 2 is 2.11 bits per heavy atom. The van der Waals surface area contributed by atoms with Crippen molar-refractivity contribution in [3.05, 3.63) is 23.5 Å². The van der Waals surface area contributed by atoms with Crippen molar-refractivity contribution in [1.82, 2.24) is 14.2 Å². The summed E-state index contributed by atoms with van der Waals surface area (Å²) in [6, 6.07) is 3.12. The first-order valence-electron chi connectivity index (χ1n) is 6.10. The highest BCUT2D eigenvalue weighted by molar-refractivity contribution is 7.89. The third-order valence-corrected chi connectivity index (χ3v) is 5.57. The highest BCUT2D eigenvalue weighted by Gasteiger charge is 2.38. The van der Waals surface area contributed by atoms with Crippen LogP contribution >= 0.6 is 11.6 Å². The van der Waals surface area contributed by atoms with Gasteiger partial charge in [-0.25, -0.2) is 13.4 Å². The van der Waals surface area contributed by atoms with Crippen LogP contribution in [0.4, 0.5) is 0 Å². The van der Waals surface area contributed by atoms with Crippen LogP contribution in [0.5, 0.6) is 0 Å². The van der Waals surface area contributed by atoms with E-state index in [9.17, 15) is 8.42 Å². The molecule has 2 rings (SSSR count). The van der Waals surface area contributed by atoms with E-state index in [1.807, 2.05) is 14.1 Å². The molecule has 2 unspecified atom stereocenters. The van der Waals surface area contributed by atoms with Crippen molar-refractivity contribution >= 4 is 21.6 Å². The molecular formula is C12H18ClN3O2S. The Hall–Kier alpha value is -0.690. The normalized spacial score (nSPS) is 25.1. The Morgan fingerprint density at radius 1 is 1.42 bits per heavy atom. The predicted molar refractivity (Wildman–Crippen MR) is 74.6 cm³/mol. The standard InChI is InChI=1S/C12H18ClN3O2S/c1-9-7-16(8-11(9)15(2)3)19(17,18)10-4-5-14-12(13)6-10/h4-6,9,11H,7-8H2,1-3H3. The zero-order valence-electron chi connectivity index (χ0n) is 11.2. The number of halogens is 1.